The summed E-state index contributed by atoms with van der Waals surface area (Å²) in [7, 11) is -3.98. The fraction of sp³-hybridized carbons (Fsp3) is 0.278. The molecule has 0 radical (unpaired) electrons. The van der Waals surface area contributed by atoms with Gasteiger partial charge >= 0.3 is 5.97 Å². The van der Waals surface area contributed by atoms with Crippen molar-refractivity contribution >= 4 is 56.5 Å². The molecule has 0 spiro atoms. The summed E-state index contributed by atoms with van der Waals surface area (Å²) in [6, 6.07) is 9.82. The first-order valence-corrected chi connectivity index (χ1v) is 10.7. The van der Waals surface area contributed by atoms with Gasteiger partial charge in [-0.05, 0) is 62.2 Å². The van der Waals surface area contributed by atoms with Gasteiger partial charge < -0.3 is 5.11 Å². The normalized spacial score (nSPS) is 12.6. The maximum absolute atomic E-state index is 13.3. The Labute approximate surface area is 173 Å². The van der Waals surface area contributed by atoms with Crippen LogP contribution in [0.4, 0.5) is 5.69 Å². The first-order valence-electron chi connectivity index (χ1n) is 8.10. The van der Waals surface area contributed by atoms with Gasteiger partial charge in [0.15, 0.2) is 0 Å². The highest BCUT2D eigenvalue weighted by Crippen LogP contribution is 2.35. The summed E-state index contributed by atoms with van der Waals surface area (Å²) in [5, 5.41) is 9.82. The molecule has 0 fully saturated rings. The topological polar surface area (TPSA) is 74.7 Å². The van der Waals surface area contributed by atoms with E-state index in [2.05, 4.69) is 0 Å². The maximum Gasteiger partial charge on any atom is 0.303 e. The molecule has 146 valence electrons. The van der Waals surface area contributed by atoms with Crippen LogP contribution in [0, 0.1) is 0 Å². The summed E-state index contributed by atoms with van der Waals surface area (Å²) in [6.07, 6.45) is 0.603. The first-order chi connectivity index (χ1) is 12.6. The molecular weight excluding hydrogens is 433 g/mol. The molecule has 0 aliphatic carbocycles. The van der Waals surface area contributed by atoms with Gasteiger partial charge in [-0.2, -0.15) is 0 Å². The summed E-state index contributed by atoms with van der Waals surface area (Å²) in [5.41, 5.74) is 0.238. The average molecular weight is 451 g/mol. The molecule has 1 N–H and O–H groups in total. The molecule has 5 nitrogen and oxygen atoms in total. The fourth-order valence-corrected chi connectivity index (χ4v) is 4.89. The van der Waals surface area contributed by atoms with Gasteiger partial charge in [-0.3, -0.25) is 9.10 Å². The highest BCUT2D eigenvalue weighted by Gasteiger charge is 2.31. The van der Waals surface area contributed by atoms with Crippen LogP contribution in [0.1, 0.15) is 26.2 Å². The van der Waals surface area contributed by atoms with Gasteiger partial charge in [0.05, 0.1) is 15.6 Å². The van der Waals surface area contributed by atoms with E-state index < -0.39 is 22.0 Å². The molecular formula is C18H18Cl3NO4S. The quantitative estimate of drug-likeness (QED) is 0.577. The number of hydrogen-bond acceptors (Lipinski definition) is 3. The van der Waals surface area contributed by atoms with E-state index in [0.717, 1.165) is 0 Å². The van der Waals surface area contributed by atoms with E-state index in [1.807, 2.05) is 0 Å². The Morgan fingerprint density at radius 1 is 1.07 bits per heavy atom. The van der Waals surface area contributed by atoms with Gasteiger partial charge in [-0.25, -0.2) is 8.42 Å². The Hall–Kier alpha value is -1.47. The molecule has 2 rings (SSSR count). The van der Waals surface area contributed by atoms with E-state index in [1.165, 1.54) is 40.7 Å². The highest BCUT2D eigenvalue weighted by molar-refractivity contribution is 7.92. The number of carboxylic acids is 1. The second-order valence-electron chi connectivity index (χ2n) is 5.99. The highest BCUT2D eigenvalue weighted by atomic mass is 35.5. The van der Waals surface area contributed by atoms with Crippen LogP contribution in [0.3, 0.4) is 0 Å². The molecule has 0 bridgehead atoms. The number of hydrogen-bond donors (Lipinski definition) is 1. The number of carbonyl (C=O) groups is 1. The lowest BCUT2D eigenvalue weighted by molar-refractivity contribution is -0.137. The monoisotopic (exact) mass is 449 g/mol. The largest absolute Gasteiger partial charge is 0.481 e. The summed E-state index contributed by atoms with van der Waals surface area (Å²) in [6.45, 7) is 1.70. The summed E-state index contributed by atoms with van der Waals surface area (Å²) in [4.78, 5) is 10.8. The molecule has 0 heterocycles. The van der Waals surface area contributed by atoms with Crippen molar-refractivity contribution in [2.24, 2.45) is 0 Å². The lowest BCUT2D eigenvalue weighted by Crippen LogP contribution is -2.39. The number of carboxylic acid groups (broad SMARTS) is 1. The molecule has 2 aromatic carbocycles. The molecule has 0 aliphatic heterocycles. The lowest BCUT2D eigenvalue weighted by atomic mass is 10.1. The van der Waals surface area contributed by atoms with Crippen LogP contribution in [-0.4, -0.2) is 25.5 Å². The Balaban J connectivity index is 2.50. The number of halogens is 3. The zero-order valence-corrected chi connectivity index (χ0v) is 17.5. The molecule has 1 atom stereocenters. The van der Waals surface area contributed by atoms with Gasteiger partial charge in [0.2, 0.25) is 0 Å². The summed E-state index contributed by atoms with van der Waals surface area (Å²) >= 11 is 18.2. The zero-order chi connectivity index (χ0) is 20.2. The third kappa shape index (κ3) is 5.51. The molecule has 9 heteroatoms. The van der Waals surface area contributed by atoms with E-state index >= 15 is 0 Å². The van der Waals surface area contributed by atoms with Crippen molar-refractivity contribution in [2.45, 2.75) is 37.1 Å². The smallest absolute Gasteiger partial charge is 0.303 e. The van der Waals surface area contributed by atoms with Crippen molar-refractivity contribution in [3.05, 3.63) is 57.5 Å². The van der Waals surface area contributed by atoms with E-state index in [4.69, 9.17) is 39.9 Å². The van der Waals surface area contributed by atoms with E-state index in [1.54, 1.807) is 13.0 Å². The van der Waals surface area contributed by atoms with Gasteiger partial charge in [0.1, 0.15) is 0 Å². The second-order valence-corrected chi connectivity index (χ2v) is 9.08. The fourth-order valence-electron chi connectivity index (χ4n) is 2.64. The minimum atomic E-state index is -3.98. The van der Waals surface area contributed by atoms with Crippen molar-refractivity contribution in [2.75, 3.05) is 4.31 Å². The van der Waals surface area contributed by atoms with E-state index in [0.29, 0.717) is 22.9 Å². The van der Waals surface area contributed by atoms with Crippen LogP contribution in [0.25, 0.3) is 0 Å². The number of benzene rings is 2. The number of anilines is 1. The summed E-state index contributed by atoms with van der Waals surface area (Å²) < 4.78 is 27.8. The predicted molar refractivity (Wildman–Crippen MR) is 109 cm³/mol. The Morgan fingerprint density at radius 3 is 2.26 bits per heavy atom. The molecule has 27 heavy (non-hydrogen) atoms. The number of rotatable bonds is 8. The van der Waals surface area contributed by atoms with Crippen molar-refractivity contribution in [3.63, 3.8) is 0 Å². The van der Waals surface area contributed by atoms with E-state index in [-0.39, 0.29) is 22.0 Å². The Morgan fingerprint density at radius 2 is 1.67 bits per heavy atom. The van der Waals surface area contributed by atoms with Crippen LogP contribution >= 0.6 is 34.8 Å². The van der Waals surface area contributed by atoms with Gasteiger partial charge in [-0.1, -0.05) is 34.8 Å². The van der Waals surface area contributed by atoms with Crippen LogP contribution in [0.15, 0.2) is 47.4 Å². The Kier molecular flexibility index (Phi) is 7.40. The molecule has 2 aromatic rings. The van der Waals surface area contributed by atoms with Crippen LogP contribution in [0.2, 0.25) is 15.1 Å². The minimum absolute atomic E-state index is 0.0491. The molecule has 0 aliphatic rings. The number of nitrogens with zero attached hydrogens (tertiary/aromatic N) is 1. The number of sulfonamides is 1. The van der Waals surface area contributed by atoms with Crippen LogP contribution in [-0.2, 0) is 14.8 Å². The third-order valence-corrected chi connectivity index (χ3v) is 6.68. The van der Waals surface area contributed by atoms with Crippen molar-refractivity contribution in [1.82, 2.24) is 0 Å². The SMILES string of the molecule is C[C@H](CCCC(=O)O)N(c1cc(Cl)ccc1Cl)S(=O)(=O)c1ccc(Cl)cc1. The second kappa shape index (κ2) is 9.15. The van der Waals surface area contributed by atoms with Gasteiger partial charge in [0, 0.05) is 22.5 Å². The molecule has 0 amide bonds. The molecule has 0 aromatic heterocycles. The number of aliphatic carboxylic acids is 1. The molecule has 0 saturated heterocycles. The van der Waals surface area contributed by atoms with Gasteiger partial charge in [0.25, 0.3) is 10.0 Å². The average Bonchev–Trinajstić information content (AvgIpc) is 2.58. The molecule has 0 saturated carbocycles. The predicted octanol–water partition coefficient (Wildman–Crippen LogP) is 5.49. The van der Waals surface area contributed by atoms with Crippen LogP contribution < -0.4 is 4.31 Å². The van der Waals surface area contributed by atoms with Crippen molar-refractivity contribution in [3.8, 4) is 0 Å². The Bertz CT molecular complexity index is 917. The van der Waals surface area contributed by atoms with Crippen molar-refractivity contribution < 1.29 is 18.3 Å². The lowest BCUT2D eigenvalue weighted by Gasteiger charge is -2.31. The standard InChI is InChI=1S/C18H18Cl3NO4S/c1-12(3-2-4-18(23)24)22(17-11-14(20)7-10-16(17)21)27(25,26)15-8-5-13(19)6-9-15/h5-12H,2-4H2,1H3,(H,23,24)/t12-/m1/s1. The first kappa shape index (κ1) is 21.8. The van der Waals surface area contributed by atoms with Crippen LogP contribution in [0.5, 0.6) is 0 Å². The maximum atomic E-state index is 13.3. The van der Waals surface area contributed by atoms with Gasteiger partial charge in [-0.15, -0.1) is 0 Å². The minimum Gasteiger partial charge on any atom is -0.481 e. The zero-order valence-electron chi connectivity index (χ0n) is 14.4. The third-order valence-electron chi connectivity index (χ3n) is 3.93. The van der Waals surface area contributed by atoms with Crippen molar-refractivity contribution in [1.29, 1.82) is 0 Å². The summed E-state index contributed by atoms with van der Waals surface area (Å²) in [5.74, 6) is -0.935. The van der Waals surface area contributed by atoms with E-state index in [9.17, 15) is 13.2 Å². The molecule has 0 unspecified atom stereocenters.